The van der Waals surface area contributed by atoms with E-state index in [0.717, 1.165) is 28.8 Å². The van der Waals surface area contributed by atoms with Crippen LogP contribution in [0.1, 0.15) is 27.2 Å². The molecule has 0 bridgehead atoms. The van der Waals surface area contributed by atoms with E-state index in [1.54, 1.807) is 6.20 Å². The highest BCUT2D eigenvalue weighted by atomic mass is 16.5. The van der Waals surface area contributed by atoms with Crippen molar-refractivity contribution < 1.29 is 4.74 Å². The fourth-order valence-corrected chi connectivity index (χ4v) is 1.60. The van der Waals surface area contributed by atoms with Crippen LogP contribution in [-0.2, 0) is 0 Å². The molecule has 2 rings (SSSR count). The lowest BCUT2D eigenvalue weighted by Crippen LogP contribution is -2.26. The van der Waals surface area contributed by atoms with Gasteiger partial charge in [-0.05, 0) is 44.5 Å². The Kier molecular flexibility index (Phi) is 2.92. The van der Waals surface area contributed by atoms with Crippen LogP contribution in [-0.4, -0.2) is 10.6 Å². The number of nitrogens with zero attached hydrogens (tertiary/aromatic N) is 1. The summed E-state index contributed by atoms with van der Waals surface area (Å²) in [4.78, 5) is 4.30. The van der Waals surface area contributed by atoms with Crippen LogP contribution in [0.3, 0.4) is 0 Å². The van der Waals surface area contributed by atoms with E-state index in [-0.39, 0.29) is 5.60 Å². The third kappa shape index (κ3) is 2.49. The zero-order valence-corrected chi connectivity index (χ0v) is 10.5. The summed E-state index contributed by atoms with van der Waals surface area (Å²) in [6.45, 7) is 6.27. The molecule has 1 aromatic carbocycles. The Balaban J connectivity index is 2.48. The molecule has 0 saturated carbocycles. The molecule has 0 unspecified atom stereocenters. The number of nitrogens with two attached hydrogens (primary N) is 1. The number of rotatable bonds is 3. The van der Waals surface area contributed by atoms with Crippen molar-refractivity contribution in [3.8, 4) is 5.75 Å². The van der Waals surface area contributed by atoms with E-state index in [0.29, 0.717) is 0 Å². The minimum atomic E-state index is -0.171. The van der Waals surface area contributed by atoms with Crippen molar-refractivity contribution in [3.05, 3.63) is 30.5 Å². The quantitative estimate of drug-likeness (QED) is 0.822. The van der Waals surface area contributed by atoms with Crippen LogP contribution in [0.2, 0.25) is 0 Å². The Hall–Kier alpha value is -1.77. The number of fused-ring (bicyclic) bond motifs is 1. The lowest BCUT2D eigenvalue weighted by Gasteiger charge is -2.25. The van der Waals surface area contributed by atoms with Gasteiger partial charge in [-0.3, -0.25) is 4.98 Å². The fraction of sp³-hybridized carbons (Fsp3) is 0.357. The highest BCUT2D eigenvalue weighted by molar-refractivity contribution is 5.87. The van der Waals surface area contributed by atoms with Gasteiger partial charge >= 0.3 is 0 Å². The SMILES string of the molecule is CCC(C)(C)Oc1ccnc2cc(N)ccc12. The van der Waals surface area contributed by atoms with Crippen molar-refractivity contribution in [1.82, 2.24) is 4.98 Å². The van der Waals surface area contributed by atoms with Gasteiger partial charge in [0.25, 0.3) is 0 Å². The van der Waals surface area contributed by atoms with Crippen molar-refractivity contribution >= 4 is 16.6 Å². The van der Waals surface area contributed by atoms with Gasteiger partial charge in [-0.2, -0.15) is 0 Å². The minimum absolute atomic E-state index is 0.171. The number of benzene rings is 1. The molecule has 0 fully saturated rings. The van der Waals surface area contributed by atoms with Crippen LogP contribution >= 0.6 is 0 Å². The zero-order chi connectivity index (χ0) is 12.5. The first kappa shape index (κ1) is 11.7. The van der Waals surface area contributed by atoms with Crippen molar-refractivity contribution in [1.29, 1.82) is 0 Å². The zero-order valence-electron chi connectivity index (χ0n) is 10.5. The topological polar surface area (TPSA) is 48.1 Å². The van der Waals surface area contributed by atoms with Crippen molar-refractivity contribution in [3.63, 3.8) is 0 Å². The molecule has 2 aromatic rings. The number of hydrogen-bond donors (Lipinski definition) is 1. The normalized spacial score (nSPS) is 11.7. The van der Waals surface area contributed by atoms with Gasteiger partial charge in [0.2, 0.25) is 0 Å². The van der Waals surface area contributed by atoms with Gasteiger partial charge in [0, 0.05) is 17.3 Å². The van der Waals surface area contributed by atoms with Crippen LogP contribution in [0.4, 0.5) is 5.69 Å². The molecule has 17 heavy (non-hydrogen) atoms. The first-order chi connectivity index (χ1) is 8.02. The van der Waals surface area contributed by atoms with Crippen LogP contribution < -0.4 is 10.5 Å². The van der Waals surface area contributed by atoms with E-state index in [4.69, 9.17) is 10.5 Å². The molecule has 3 heteroatoms. The van der Waals surface area contributed by atoms with Gasteiger partial charge in [0.1, 0.15) is 11.4 Å². The monoisotopic (exact) mass is 230 g/mol. The fourth-order valence-electron chi connectivity index (χ4n) is 1.60. The van der Waals surface area contributed by atoms with E-state index >= 15 is 0 Å². The average molecular weight is 230 g/mol. The molecule has 90 valence electrons. The van der Waals surface area contributed by atoms with E-state index < -0.39 is 0 Å². The lowest BCUT2D eigenvalue weighted by atomic mass is 10.1. The molecule has 0 saturated heterocycles. The molecule has 1 heterocycles. The summed E-state index contributed by atoms with van der Waals surface area (Å²) in [5.41, 5.74) is 7.16. The number of aromatic nitrogens is 1. The summed E-state index contributed by atoms with van der Waals surface area (Å²) >= 11 is 0. The number of anilines is 1. The average Bonchev–Trinajstić information content (AvgIpc) is 2.28. The third-order valence-corrected chi connectivity index (χ3v) is 2.96. The molecule has 0 aliphatic rings. The van der Waals surface area contributed by atoms with Gasteiger partial charge in [0.15, 0.2) is 0 Å². The van der Waals surface area contributed by atoms with Gasteiger partial charge in [0.05, 0.1) is 5.52 Å². The Morgan fingerprint density at radius 1 is 1.29 bits per heavy atom. The Morgan fingerprint density at radius 2 is 2.06 bits per heavy atom. The summed E-state index contributed by atoms with van der Waals surface area (Å²) < 4.78 is 6.02. The third-order valence-electron chi connectivity index (χ3n) is 2.96. The van der Waals surface area contributed by atoms with Crippen molar-refractivity contribution in [2.45, 2.75) is 32.8 Å². The number of nitrogen functional groups attached to an aromatic ring is 1. The Bertz CT molecular complexity index is 535. The molecule has 0 radical (unpaired) electrons. The first-order valence-corrected chi connectivity index (χ1v) is 5.85. The largest absolute Gasteiger partial charge is 0.487 e. The summed E-state index contributed by atoms with van der Waals surface area (Å²) in [6.07, 6.45) is 2.70. The van der Waals surface area contributed by atoms with Crippen molar-refractivity contribution in [2.75, 3.05) is 5.73 Å². The summed E-state index contributed by atoms with van der Waals surface area (Å²) in [6, 6.07) is 7.59. The number of pyridine rings is 1. The maximum Gasteiger partial charge on any atom is 0.131 e. The highest BCUT2D eigenvalue weighted by Crippen LogP contribution is 2.29. The summed E-state index contributed by atoms with van der Waals surface area (Å²) in [5, 5.41) is 1.00. The molecule has 0 aliphatic heterocycles. The van der Waals surface area contributed by atoms with E-state index in [9.17, 15) is 0 Å². The molecule has 0 aliphatic carbocycles. The maximum absolute atomic E-state index is 6.02. The van der Waals surface area contributed by atoms with Crippen LogP contribution in [0.5, 0.6) is 5.75 Å². The summed E-state index contributed by atoms with van der Waals surface area (Å²) in [7, 11) is 0. The molecule has 2 N–H and O–H groups in total. The van der Waals surface area contributed by atoms with E-state index in [1.807, 2.05) is 24.3 Å². The second-order valence-corrected chi connectivity index (χ2v) is 4.80. The second kappa shape index (κ2) is 4.24. The second-order valence-electron chi connectivity index (χ2n) is 4.80. The minimum Gasteiger partial charge on any atom is -0.487 e. The molecule has 3 nitrogen and oxygen atoms in total. The molecular formula is C14H18N2O. The van der Waals surface area contributed by atoms with Gasteiger partial charge in [-0.15, -0.1) is 0 Å². The summed E-state index contributed by atoms with van der Waals surface area (Å²) in [5.74, 6) is 0.863. The molecule has 0 atom stereocenters. The lowest BCUT2D eigenvalue weighted by molar-refractivity contribution is 0.107. The van der Waals surface area contributed by atoms with Crippen LogP contribution in [0.25, 0.3) is 10.9 Å². The molecular weight excluding hydrogens is 212 g/mol. The van der Waals surface area contributed by atoms with Gasteiger partial charge in [-0.1, -0.05) is 6.92 Å². The van der Waals surface area contributed by atoms with Gasteiger partial charge in [-0.25, -0.2) is 0 Å². The van der Waals surface area contributed by atoms with Crippen molar-refractivity contribution in [2.24, 2.45) is 0 Å². The van der Waals surface area contributed by atoms with E-state index in [1.165, 1.54) is 0 Å². The smallest absolute Gasteiger partial charge is 0.131 e. The highest BCUT2D eigenvalue weighted by Gasteiger charge is 2.18. The predicted octanol–water partition coefficient (Wildman–Crippen LogP) is 3.38. The van der Waals surface area contributed by atoms with E-state index in [2.05, 4.69) is 25.8 Å². The van der Waals surface area contributed by atoms with Crippen LogP contribution in [0.15, 0.2) is 30.5 Å². The first-order valence-electron chi connectivity index (χ1n) is 5.85. The van der Waals surface area contributed by atoms with Gasteiger partial charge < -0.3 is 10.5 Å². The maximum atomic E-state index is 6.02. The molecule has 1 aromatic heterocycles. The predicted molar refractivity (Wildman–Crippen MR) is 71.2 cm³/mol. The standard InChI is InChI=1S/C14H18N2O/c1-4-14(2,3)17-13-7-8-16-12-9-10(15)5-6-11(12)13/h5-9H,4,15H2,1-3H3. The molecule has 0 spiro atoms. The van der Waals surface area contributed by atoms with Crippen LogP contribution in [0, 0.1) is 0 Å². The Labute approximate surface area is 102 Å². The number of ether oxygens (including phenoxy) is 1. The number of hydrogen-bond acceptors (Lipinski definition) is 3. The molecule has 0 amide bonds. The Morgan fingerprint density at radius 3 is 2.76 bits per heavy atom.